The van der Waals surface area contributed by atoms with Crippen molar-refractivity contribution in [2.24, 2.45) is 5.92 Å². The molecule has 2 fully saturated rings. The van der Waals surface area contributed by atoms with E-state index in [0.29, 0.717) is 5.95 Å². The predicted molar refractivity (Wildman–Crippen MR) is 97.8 cm³/mol. The lowest BCUT2D eigenvalue weighted by molar-refractivity contribution is -0.121. The number of piperidine rings is 1. The molecule has 7 heteroatoms. The van der Waals surface area contributed by atoms with E-state index < -0.39 is 0 Å². The van der Waals surface area contributed by atoms with E-state index in [0.717, 1.165) is 35.7 Å². The zero-order valence-electron chi connectivity index (χ0n) is 15.2. The molecule has 0 saturated carbocycles. The molecule has 0 aliphatic carbocycles. The largest absolute Gasteiger partial charge is 0.497 e. The summed E-state index contributed by atoms with van der Waals surface area (Å²) in [7, 11) is 1.66. The van der Waals surface area contributed by atoms with Gasteiger partial charge in [0.05, 0.1) is 19.2 Å². The van der Waals surface area contributed by atoms with Crippen molar-refractivity contribution in [3.63, 3.8) is 0 Å². The minimum atomic E-state index is -0.208. The Labute approximate surface area is 152 Å². The van der Waals surface area contributed by atoms with Gasteiger partial charge in [0.1, 0.15) is 5.75 Å². The molecule has 7 nitrogen and oxygen atoms in total. The van der Waals surface area contributed by atoms with E-state index in [9.17, 15) is 4.79 Å². The zero-order chi connectivity index (χ0) is 18.3. The highest BCUT2D eigenvalue weighted by Gasteiger charge is 2.48. The van der Waals surface area contributed by atoms with Gasteiger partial charge in [-0.25, -0.2) is 20.4 Å². The lowest BCUT2D eigenvalue weighted by atomic mass is 9.79. The summed E-state index contributed by atoms with van der Waals surface area (Å²) in [6.45, 7) is 4.65. The molecule has 1 amide bonds. The van der Waals surface area contributed by atoms with E-state index in [1.807, 2.05) is 38.1 Å². The van der Waals surface area contributed by atoms with Crippen molar-refractivity contribution in [2.75, 3.05) is 18.7 Å². The van der Waals surface area contributed by atoms with Crippen molar-refractivity contribution < 1.29 is 9.53 Å². The Hall–Kier alpha value is -2.51. The minimum absolute atomic E-state index is 0.0000184. The molecule has 3 atom stereocenters. The van der Waals surface area contributed by atoms with Crippen LogP contribution in [-0.2, 0) is 4.79 Å². The first-order chi connectivity index (χ1) is 12.6. The van der Waals surface area contributed by atoms with E-state index in [1.54, 1.807) is 7.11 Å². The molecule has 4 rings (SSSR count). The Bertz CT molecular complexity index is 820. The first-order valence-electron chi connectivity index (χ1n) is 8.86. The summed E-state index contributed by atoms with van der Waals surface area (Å²) < 4.78 is 5.35. The lowest BCUT2D eigenvalue weighted by Gasteiger charge is -2.32. The van der Waals surface area contributed by atoms with E-state index >= 15 is 0 Å². The Morgan fingerprint density at radius 3 is 2.69 bits per heavy atom. The second-order valence-corrected chi connectivity index (χ2v) is 6.88. The number of anilines is 1. The van der Waals surface area contributed by atoms with E-state index in [2.05, 4.69) is 26.8 Å². The predicted octanol–water partition coefficient (Wildman–Crippen LogP) is 1.67. The molecule has 2 aliphatic rings. The van der Waals surface area contributed by atoms with Crippen LogP contribution in [0.3, 0.4) is 0 Å². The van der Waals surface area contributed by atoms with Gasteiger partial charge in [-0.2, -0.15) is 0 Å². The van der Waals surface area contributed by atoms with E-state index in [4.69, 9.17) is 4.74 Å². The number of aryl methyl sites for hydroxylation is 2. The quantitative estimate of drug-likeness (QED) is 0.874. The summed E-state index contributed by atoms with van der Waals surface area (Å²) in [6.07, 6.45) is 0.764. The van der Waals surface area contributed by atoms with E-state index in [1.165, 1.54) is 5.01 Å². The number of rotatable bonds is 3. The standard InChI is InChI=1S/C19H23N5O2/c1-11-9-12(2)22-19(21-11)24-18(25)16-15(7-8-20-17(16)23-24)13-5-4-6-14(10-13)26-3/h4-6,9-10,15-17,20,23H,7-8H2,1-3H3. The minimum Gasteiger partial charge on any atom is -0.497 e. The fourth-order valence-corrected chi connectivity index (χ4v) is 3.94. The van der Waals surface area contributed by atoms with Gasteiger partial charge in [-0.1, -0.05) is 12.1 Å². The highest BCUT2D eigenvalue weighted by molar-refractivity contribution is 5.96. The molecule has 0 spiro atoms. The topological polar surface area (TPSA) is 79.4 Å². The van der Waals surface area contributed by atoms with Gasteiger partial charge >= 0.3 is 0 Å². The Kier molecular flexibility index (Phi) is 4.34. The van der Waals surface area contributed by atoms with Gasteiger partial charge in [0.15, 0.2) is 0 Å². The summed E-state index contributed by atoms with van der Waals surface area (Å²) in [5.74, 6) is 1.13. The van der Waals surface area contributed by atoms with Gasteiger partial charge in [-0.05, 0) is 56.5 Å². The van der Waals surface area contributed by atoms with Crippen LogP contribution in [0.25, 0.3) is 0 Å². The third-order valence-corrected chi connectivity index (χ3v) is 5.08. The van der Waals surface area contributed by atoms with Crippen molar-refractivity contribution in [3.8, 4) is 5.75 Å². The molecule has 0 radical (unpaired) electrons. The number of nitrogens with one attached hydrogen (secondary N) is 2. The van der Waals surface area contributed by atoms with Crippen LogP contribution in [0, 0.1) is 19.8 Å². The van der Waals surface area contributed by atoms with Crippen LogP contribution in [-0.4, -0.2) is 35.7 Å². The highest BCUT2D eigenvalue weighted by Crippen LogP contribution is 2.38. The third kappa shape index (κ3) is 2.93. The lowest BCUT2D eigenvalue weighted by Crippen LogP contribution is -2.50. The number of hydrogen-bond donors (Lipinski definition) is 2. The average Bonchev–Trinajstić information content (AvgIpc) is 2.98. The summed E-state index contributed by atoms with van der Waals surface area (Å²) in [5.41, 5.74) is 6.07. The summed E-state index contributed by atoms with van der Waals surface area (Å²) in [5, 5.41) is 4.91. The van der Waals surface area contributed by atoms with Gasteiger partial charge < -0.3 is 4.74 Å². The first-order valence-corrected chi connectivity index (χ1v) is 8.86. The molecular weight excluding hydrogens is 330 g/mol. The summed E-state index contributed by atoms with van der Waals surface area (Å²) >= 11 is 0. The Morgan fingerprint density at radius 1 is 1.19 bits per heavy atom. The summed E-state index contributed by atoms with van der Waals surface area (Å²) in [6, 6.07) is 9.89. The number of hydrazine groups is 1. The number of ether oxygens (including phenoxy) is 1. The molecule has 0 bridgehead atoms. The van der Waals surface area contributed by atoms with Crippen LogP contribution in [0.2, 0.25) is 0 Å². The Morgan fingerprint density at radius 2 is 1.96 bits per heavy atom. The average molecular weight is 353 g/mol. The second-order valence-electron chi connectivity index (χ2n) is 6.88. The summed E-state index contributed by atoms with van der Waals surface area (Å²) in [4.78, 5) is 22.1. The molecule has 2 aromatic rings. The van der Waals surface area contributed by atoms with Gasteiger partial charge in [0, 0.05) is 11.4 Å². The molecule has 1 aromatic heterocycles. The maximum Gasteiger partial charge on any atom is 0.250 e. The highest BCUT2D eigenvalue weighted by atomic mass is 16.5. The maximum atomic E-state index is 13.2. The fourth-order valence-electron chi connectivity index (χ4n) is 3.94. The van der Waals surface area contributed by atoms with Crippen molar-refractivity contribution in [1.82, 2.24) is 20.7 Å². The van der Waals surface area contributed by atoms with Crippen molar-refractivity contribution in [2.45, 2.75) is 32.4 Å². The number of hydrogen-bond acceptors (Lipinski definition) is 6. The molecule has 2 N–H and O–H groups in total. The third-order valence-electron chi connectivity index (χ3n) is 5.08. The fraction of sp³-hybridized carbons (Fsp3) is 0.421. The van der Waals surface area contributed by atoms with Crippen LogP contribution in [0.15, 0.2) is 30.3 Å². The van der Waals surface area contributed by atoms with Crippen molar-refractivity contribution >= 4 is 11.9 Å². The molecule has 2 aliphatic heterocycles. The number of benzene rings is 1. The molecule has 3 unspecified atom stereocenters. The van der Waals surface area contributed by atoms with Crippen LogP contribution in [0.4, 0.5) is 5.95 Å². The van der Waals surface area contributed by atoms with E-state index in [-0.39, 0.29) is 23.9 Å². The number of carbonyl (C=O) groups is 1. The smallest absolute Gasteiger partial charge is 0.250 e. The number of nitrogens with zero attached hydrogens (tertiary/aromatic N) is 3. The zero-order valence-corrected chi connectivity index (χ0v) is 15.2. The molecule has 26 heavy (non-hydrogen) atoms. The second kappa shape index (κ2) is 6.66. The van der Waals surface area contributed by atoms with Crippen LogP contribution in [0.1, 0.15) is 29.3 Å². The molecule has 1 aromatic carbocycles. The van der Waals surface area contributed by atoms with Crippen molar-refractivity contribution in [1.29, 1.82) is 0 Å². The molecule has 2 saturated heterocycles. The maximum absolute atomic E-state index is 13.2. The van der Waals surface area contributed by atoms with Crippen LogP contribution in [0.5, 0.6) is 5.75 Å². The van der Waals surface area contributed by atoms with Crippen LogP contribution >= 0.6 is 0 Å². The van der Waals surface area contributed by atoms with Gasteiger partial charge in [-0.3, -0.25) is 10.1 Å². The number of aromatic nitrogens is 2. The monoisotopic (exact) mass is 353 g/mol. The first kappa shape index (κ1) is 16.9. The van der Waals surface area contributed by atoms with Crippen LogP contribution < -0.4 is 20.5 Å². The molecular formula is C19H23N5O2. The number of fused-ring (bicyclic) bond motifs is 1. The molecule has 136 valence electrons. The van der Waals surface area contributed by atoms with Gasteiger partial charge in [-0.15, -0.1) is 0 Å². The van der Waals surface area contributed by atoms with Gasteiger partial charge in [0.25, 0.3) is 5.91 Å². The number of carbonyl (C=O) groups excluding carboxylic acids is 1. The Balaban J connectivity index is 1.66. The molecule has 3 heterocycles. The number of methoxy groups -OCH3 is 1. The van der Waals surface area contributed by atoms with Crippen molar-refractivity contribution in [3.05, 3.63) is 47.3 Å². The normalized spacial score (nSPS) is 25.3. The van der Waals surface area contributed by atoms with Gasteiger partial charge in [0.2, 0.25) is 5.95 Å². The number of amides is 1. The SMILES string of the molecule is COc1cccc(C2CCNC3NN(c4nc(C)cc(C)n4)C(=O)C32)c1.